The fourth-order valence-corrected chi connectivity index (χ4v) is 6.52. The highest BCUT2D eigenvalue weighted by molar-refractivity contribution is 8.00. The first-order valence-electron chi connectivity index (χ1n) is 12.4. The number of fused-ring (bicyclic) bond motifs is 1. The van der Waals surface area contributed by atoms with Crippen molar-refractivity contribution in [2.75, 3.05) is 25.4 Å². The molecule has 1 fully saturated rings. The zero-order valence-corrected chi connectivity index (χ0v) is 22.2. The smallest absolute Gasteiger partial charge is 0.341 e. The van der Waals surface area contributed by atoms with Crippen molar-refractivity contribution < 1.29 is 24.2 Å². The number of rotatable bonds is 8. The Kier molecular flexibility index (Phi) is 7.90. The van der Waals surface area contributed by atoms with Gasteiger partial charge < -0.3 is 19.6 Å². The van der Waals surface area contributed by atoms with Crippen LogP contribution in [-0.2, 0) is 20.8 Å². The third-order valence-electron chi connectivity index (χ3n) is 6.84. The molecule has 196 valence electrons. The minimum absolute atomic E-state index is 0.0244. The molecule has 2 aliphatic heterocycles. The van der Waals surface area contributed by atoms with Crippen molar-refractivity contribution in [1.82, 2.24) is 9.80 Å². The lowest BCUT2D eigenvalue weighted by atomic mass is 9.87. The van der Waals surface area contributed by atoms with Crippen molar-refractivity contribution >= 4 is 41.1 Å². The average Bonchev–Trinajstić information content (AvgIpc) is 3.30. The number of thioether (sulfide) groups is 1. The largest absolute Gasteiger partial charge is 0.482 e. The summed E-state index contributed by atoms with van der Waals surface area (Å²) in [4.78, 5) is 41.3. The highest BCUT2D eigenvalue weighted by atomic mass is 35.5. The molecule has 9 heteroatoms. The van der Waals surface area contributed by atoms with Gasteiger partial charge in [0.15, 0.2) is 6.61 Å². The Balaban J connectivity index is 1.43. The molecule has 2 amide bonds. The van der Waals surface area contributed by atoms with Gasteiger partial charge in [-0.1, -0.05) is 66.2 Å². The first-order chi connectivity index (χ1) is 18.4. The van der Waals surface area contributed by atoms with Gasteiger partial charge in [-0.05, 0) is 41.3 Å². The van der Waals surface area contributed by atoms with Crippen LogP contribution < -0.4 is 4.74 Å². The number of carboxylic acids is 1. The van der Waals surface area contributed by atoms with E-state index in [9.17, 15) is 19.5 Å². The van der Waals surface area contributed by atoms with Crippen LogP contribution in [0, 0.1) is 0 Å². The molecule has 2 heterocycles. The molecule has 2 atom stereocenters. The van der Waals surface area contributed by atoms with E-state index in [0.29, 0.717) is 41.6 Å². The SMILES string of the molecule is O=C(O)COc1ccc(Cl)cc1C1c2ccccc2CCN1C(=O)CCN1C(=O)CSC1c1ccccc1. The number of carbonyl (C=O) groups is 3. The van der Waals surface area contributed by atoms with Crippen molar-refractivity contribution in [3.8, 4) is 5.75 Å². The summed E-state index contributed by atoms with van der Waals surface area (Å²) in [6, 6.07) is 22.3. The molecule has 0 aliphatic carbocycles. The Morgan fingerprint density at radius 1 is 1.03 bits per heavy atom. The molecule has 7 nitrogen and oxygen atoms in total. The summed E-state index contributed by atoms with van der Waals surface area (Å²) in [6.07, 6.45) is 0.857. The van der Waals surface area contributed by atoms with E-state index >= 15 is 0 Å². The zero-order valence-electron chi connectivity index (χ0n) is 20.6. The molecule has 5 rings (SSSR count). The summed E-state index contributed by atoms with van der Waals surface area (Å²) in [5.74, 6) is -0.405. The van der Waals surface area contributed by atoms with E-state index in [1.807, 2.05) is 54.6 Å². The second-order valence-corrected chi connectivity index (χ2v) is 10.7. The van der Waals surface area contributed by atoms with Crippen molar-refractivity contribution in [2.45, 2.75) is 24.3 Å². The normalized spacial score (nSPS) is 18.8. The molecule has 0 spiro atoms. The van der Waals surface area contributed by atoms with Crippen molar-refractivity contribution in [3.05, 3.63) is 100 Å². The van der Waals surface area contributed by atoms with Gasteiger partial charge in [0.05, 0.1) is 11.8 Å². The van der Waals surface area contributed by atoms with E-state index in [4.69, 9.17) is 16.3 Å². The maximum atomic E-state index is 13.8. The quantitative estimate of drug-likeness (QED) is 0.427. The first-order valence-corrected chi connectivity index (χ1v) is 13.8. The van der Waals surface area contributed by atoms with Crippen LogP contribution in [-0.4, -0.2) is 58.1 Å². The first kappa shape index (κ1) is 26.1. The topological polar surface area (TPSA) is 87.2 Å². The lowest BCUT2D eigenvalue weighted by Gasteiger charge is -2.39. The van der Waals surface area contributed by atoms with Crippen LogP contribution in [0.2, 0.25) is 5.02 Å². The highest BCUT2D eigenvalue weighted by Gasteiger charge is 2.36. The number of aliphatic carboxylic acids is 1. The molecule has 3 aromatic carbocycles. The van der Waals surface area contributed by atoms with Crippen LogP contribution >= 0.6 is 23.4 Å². The highest BCUT2D eigenvalue weighted by Crippen LogP contribution is 2.42. The van der Waals surface area contributed by atoms with Crippen LogP contribution in [0.25, 0.3) is 0 Å². The number of hydrogen-bond acceptors (Lipinski definition) is 5. The molecule has 1 saturated heterocycles. The summed E-state index contributed by atoms with van der Waals surface area (Å²) in [6.45, 7) is 0.287. The average molecular weight is 551 g/mol. The number of benzene rings is 3. The van der Waals surface area contributed by atoms with Crippen LogP contribution in [0.5, 0.6) is 5.75 Å². The second kappa shape index (κ2) is 11.5. The lowest BCUT2D eigenvalue weighted by molar-refractivity contribution is -0.139. The van der Waals surface area contributed by atoms with E-state index in [1.54, 1.807) is 39.8 Å². The Morgan fingerprint density at radius 2 is 1.79 bits per heavy atom. The lowest BCUT2D eigenvalue weighted by Crippen LogP contribution is -2.42. The number of nitrogens with zero attached hydrogens (tertiary/aromatic N) is 2. The molecule has 38 heavy (non-hydrogen) atoms. The summed E-state index contributed by atoms with van der Waals surface area (Å²) < 4.78 is 5.62. The van der Waals surface area contributed by atoms with Gasteiger partial charge in [-0.15, -0.1) is 11.8 Å². The number of hydrogen-bond donors (Lipinski definition) is 1. The van der Waals surface area contributed by atoms with Gasteiger partial charge in [0.2, 0.25) is 11.8 Å². The van der Waals surface area contributed by atoms with Crippen LogP contribution in [0.4, 0.5) is 0 Å². The number of halogens is 1. The molecule has 2 aliphatic rings. The predicted molar refractivity (Wildman–Crippen MR) is 146 cm³/mol. The standard InChI is InChI=1S/C29H27ClN2O5S/c30-21-10-11-24(37-17-27(35)36)23(16-21)28-22-9-5-4-6-19(22)12-14-31(28)25(33)13-15-32-26(34)18-38-29(32)20-7-2-1-3-8-20/h1-11,16,28-29H,12-15,17-18H2,(H,35,36). The molecule has 0 bridgehead atoms. The number of amides is 2. The Labute approximate surface area is 230 Å². The third kappa shape index (κ3) is 5.51. The molecule has 0 radical (unpaired) electrons. The summed E-state index contributed by atoms with van der Waals surface area (Å²) in [5.41, 5.74) is 3.74. The van der Waals surface area contributed by atoms with Gasteiger partial charge in [-0.2, -0.15) is 0 Å². The predicted octanol–water partition coefficient (Wildman–Crippen LogP) is 4.94. The van der Waals surface area contributed by atoms with Crippen molar-refractivity contribution in [2.24, 2.45) is 0 Å². The monoisotopic (exact) mass is 550 g/mol. The maximum absolute atomic E-state index is 13.8. The van der Waals surface area contributed by atoms with Gasteiger partial charge in [-0.3, -0.25) is 9.59 Å². The molecule has 0 saturated carbocycles. The second-order valence-electron chi connectivity index (χ2n) is 9.21. The van der Waals surface area contributed by atoms with Crippen LogP contribution in [0.15, 0.2) is 72.8 Å². The maximum Gasteiger partial charge on any atom is 0.341 e. The molecule has 3 aromatic rings. The fourth-order valence-electron chi connectivity index (χ4n) is 5.12. The summed E-state index contributed by atoms with van der Waals surface area (Å²) >= 11 is 7.94. The fraction of sp³-hybridized carbons (Fsp3) is 0.276. The molecule has 2 unspecified atom stereocenters. The minimum Gasteiger partial charge on any atom is -0.482 e. The van der Waals surface area contributed by atoms with Gasteiger partial charge in [-0.25, -0.2) is 4.79 Å². The molecule has 1 N–H and O–H groups in total. The van der Waals surface area contributed by atoms with Crippen molar-refractivity contribution in [1.29, 1.82) is 0 Å². The molecular weight excluding hydrogens is 524 g/mol. The minimum atomic E-state index is -1.09. The number of ether oxygens (including phenoxy) is 1. The van der Waals surface area contributed by atoms with E-state index in [-0.39, 0.29) is 23.6 Å². The number of carbonyl (C=O) groups excluding carboxylic acids is 2. The van der Waals surface area contributed by atoms with Gasteiger partial charge >= 0.3 is 5.97 Å². The van der Waals surface area contributed by atoms with E-state index in [1.165, 1.54) is 0 Å². The van der Waals surface area contributed by atoms with Gasteiger partial charge in [0.25, 0.3) is 0 Å². The van der Waals surface area contributed by atoms with Crippen molar-refractivity contribution in [3.63, 3.8) is 0 Å². The van der Waals surface area contributed by atoms with E-state index in [2.05, 4.69) is 0 Å². The van der Waals surface area contributed by atoms with Gasteiger partial charge in [0.1, 0.15) is 11.1 Å². The van der Waals surface area contributed by atoms with E-state index < -0.39 is 18.6 Å². The Hall–Kier alpha value is -3.49. The third-order valence-corrected chi connectivity index (χ3v) is 8.33. The van der Waals surface area contributed by atoms with E-state index in [0.717, 1.165) is 16.7 Å². The molecular formula is C29H27ClN2O5S. The number of carboxylic acid groups (broad SMARTS) is 1. The summed E-state index contributed by atoms with van der Waals surface area (Å²) in [7, 11) is 0. The zero-order chi connectivity index (χ0) is 26.6. The summed E-state index contributed by atoms with van der Waals surface area (Å²) in [5, 5.41) is 9.53. The van der Waals surface area contributed by atoms with Gasteiger partial charge in [0, 0.05) is 30.1 Å². The Bertz CT molecular complexity index is 1350. The Morgan fingerprint density at radius 3 is 2.58 bits per heavy atom. The van der Waals surface area contributed by atoms with Crippen LogP contribution in [0.3, 0.4) is 0 Å². The molecule has 0 aromatic heterocycles. The van der Waals surface area contributed by atoms with Crippen LogP contribution in [0.1, 0.15) is 40.1 Å².